The standard InChI is InChI=1S/C14H24N2O4S/c1-12-5-8-16(9-6-12)21(17,18)14-4-3-13(20-14)11-15-7-10-19-2/h3-4,12,15H,5-11H2,1-2H3. The number of nitrogens with one attached hydrogen (secondary N) is 1. The van der Waals surface area contributed by atoms with Crippen molar-refractivity contribution in [1.82, 2.24) is 9.62 Å². The minimum Gasteiger partial charge on any atom is -0.447 e. The summed E-state index contributed by atoms with van der Waals surface area (Å²) in [5, 5.41) is 3.17. The van der Waals surface area contributed by atoms with Crippen LogP contribution in [0.3, 0.4) is 0 Å². The van der Waals surface area contributed by atoms with Crippen molar-refractivity contribution in [2.24, 2.45) is 5.92 Å². The van der Waals surface area contributed by atoms with Crippen LogP contribution < -0.4 is 5.32 Å². The molecule has 1 aromatic heterocycles. The van der Waals surface area contributed by atoms with Crippen LogP contribution in [0.15, 0.2) is 21.6 Å². The summed E-state index contributed by atoms with van der Waals surface area (Å²) in [7, 11) is -1.85. The molecule has 1 fully saturated rings. The van der Waals surface area contributed by atoms with E-state index in [0.717, 1.165) is 12.8 Å². The van der Waals surface area contributed by atoms with Crippen LogP contribution in [0.5, 0.6) is 0 Å². The Labute approximate surface area is 126 Å². The summed E-state index contributed by atoms with van der Waals surface area (Å²) < 4.78 is 36.9. The van der Waals surface area contributed by atoms with Gasteiger partial charge in [-0.2, -0.15) is 4.31 Å². The third-order valence-electron chi connectivity index (χ3n) is 3.76. The smallest absolute Gasteiger partial charge is 0.276 e. The molecule has 0 bridgehead atoms. The Balaban J connectivity index is 1.96. The lowest BCUT2D eigenvalue weighted by Gasteiger charge is -2.28. The molecule has 1 aromatic rings. The van der Waals surface area contributed by atoms with Crippen LogP contribution in [0.4, 0.5) is 0 Å². The van der Waals surface area contributed by atoms with Crippen molar-refractivity contribution in [3.8, 4) is 0 Å². The van der Waals surface area contributed by atoms with E-state index in [-0.39, 0.29) is 5.09 Å². The van der Waals surface area contributed by atoms with E-state index < -0.39 is 10.0 Å². The molecule has 2 rings (SSSR count). The van der Waals surface area contributed by atoms with Crippen LogP contribution in [0.1, 0.15) is 25.5 Å². The molecule has 1 aliphatic heterocycles. The minimum atomic E-state index is -3.49. The van der Waals surface area contributed by atoms with E-state index in [1.165, 1.54) is 4.31 Å². The van der Waals surface area contributed by atoms with E-state index in [1.807, 2.05) is 0 Å². The SMILES string of the molecule is COCCNCc1ccc(S(=O)(=O)N2CCC(C)CC2)o1. The number of ether oxygens (including phenoxy) is 1. The summed E-state index contributed by atoms with van der Waals surface area (Å²) >= 11 is 0. The molecule has 21 heavy (non-hydrogen) atoms. The van der Waals surface area contributed by atoms with Gasteiger partial charge in [-0.05, 0) is 30.9 Å². The van der Waals surface area contributed by atoms with Gasteiger partial charge >= 0.3 is 0 Å². The zero-order valence-electron chi connectivity index (χ0n) is 12.7. The van der Waals surface area contributed by atoms with E-state index in [1.54, 1.807) is 19.2 Å². The van der Waals surface area contributed by atoms with E-state index in [9.17, 15) is 8.42 Å². The topological polar surface area (TPSA) is 71.8 Å². The highest BCUT2D eigenvalue weighted by Crippen LogP contribution is 2.24. The highest BCUT2D eigenvalue weighted by molar-refractivity contribution is 7.89. The Bertz CT molecular complexity index is 533. The number of piperidine rings is 1. The van der Waals surface area contributed by atoms with E-state index in [2.05, 4.69) is 12.2 Å². The molecule has 2 heterocycles. The molecule has 0 aliphatic carbocycles. The number of methoxy groups -OCH3 is 1. The number of hydrogen-bond donors (Lipinski definition) is 1. The molecular weight excluding hydrogens is 292 g/mol. The molecule has 0 atom stereocenters. The Morgan fingerprint density at radius 3 is 2.76 bits per heavy atom. The molecule has 6 nitrogen and oxygen atoms in total. The summed E-state index contributed by atoms with van der Waals surface area (Å²) in [5.74, 6) is 1.21. The molecular formula is C14H24N2O4S. The summed E-state index contributed by atoms with van der Waals surface area (Å²) in [6, 6.07) is 3.25. The van der Waals surface area contributed by atoms with Gasteiger partial charge in [-0.3, -0.25) is 0 Å². The Kier molecular flexibility index (Phi) is 5.80. The van der Waals surface area contributed by atoms with Gasteiger partial charge in [-0.1, -0.05) is 6.92 Å². The Hall–Kier alpha value is -0.890. The van der Waals surface area contributed by atoms with Crippen LogP contribution in [-0.4, -0.2) is 46.1 Å². The van der Waals surface area contributed by atoms with E-state index >= 15 is 0 Å². The first-order valence-electron chi connectivity index (χ1n) is 7.32. The van der Waals surface area contributed by atoms with Crippen molar-refractivity contribution in [2.75, 3.05) is 33.4 Å². The van der Waals surface area contributed by atoms with Gasteiger partial charge in [0.1, 0.15) is 5.76 Å². The molecule has 0 aromatic carbocycles. The van der Waals surface area contributed by atoms with Gasteiger partial charge in [0, 0.05) is 26.7 Å². The lowest BCUT2D eigenvalue weighted by molar-refractivity contribution is 0.198. The number of sulfonamides is 1. The average Bonchev–Trinajstić information content (AvgIpc) is 2.94. The number of nitrogens with zero attached hydrogens (tertiary/aromatic N) is 1. The molecule has 0 amide bonds. The third kappa shape index (κ3) is 4.29. The lowest BCUT2D eigenvalue weighted by Crippen LogP contribution is -2.37. The fourth-order valence-corrected chi connectivity index (χ4v) is 3.73. The zero-order valence-corrected chi connectivity index (χ0v) is 13.5. The molecule has 1 N–H and O–H groups in total. The second-order valence-corrected chi connectivity index (χ2v) is 7.35. The summed E-state index contributed by atoms with van der Waals surface area (Å²) in [6.45, 7) is 5.11. The molecule has 0 radical (unpaired) electrons. The third-order valence-corrected chi connectivity index (χ3v) is 5.53. The highest BCUT2D eigenvalue weighted by atomic mass is 32.2. The summed E-state index contributed by atoms with van der Waals surface area (Å²) in [5.41, 5.74) is 0. The van der Waals surface area contributed by atoms with Gasteiger partial charge in [-0.15, -0.1) is 0 Å². The fraction of sp³-hybridized carbons (Fsp3) is 0.714. The van der Waals surface area contributed by atoms with E-state index in [4.69, 9.17) is 9.15 Å². The van der Waals surface area contributed by atoms with Crippen molar-refractivity contribution in [2.45, 2.75) is 31.4 Å². The quantitative estimate of drug-likeness (QED) is 0.771. The summed E-state index contributed by atoms with van der Waals surface area (Å²) in [6.07, 6.45) is 1.82. The maximum Gasteiger partial charge on any atom is 0.276 e. The molecule has 120 valence electrons. The molecule has 1 aliphatic rings. The zero-order chi connectivity index (χ0) is 15.3. The predicted molar refractivity (Wildman–Crippen MR) is 79.4 cm³/mol. The first kappa shape index (κ1) is 16.5. The summed E-state index contributed by atoms with van der Waals surface area (Å²) in [4.78, 5) is 0. The van der Waals surface area contributed by atoms with Gasteiger partial charge in [0.05, 0.1) is 13.2 Å². The lowest BCUT2D eigenvalue weighted by atomic mass is 10.0. The predicted octanol–water partition coefficient (Wildman–Crippen LogP) is 1.44. The fourth-order valence-electron chi connectivity index (χ4n) is 2.33. The van der Waals surface area contributed by atoms with Crippen LogP contribution in [0.25, 0.3) is 0 Å². The van der Waals surface area contributed by atoms with Crippen molar-refractivity contribution < 1.29 is 17.6 Å². The molecule has 0 spiro atoms. The second kappa shape index (κ2) is 7.40. The van der Waals surface area contributed by atoms with Crippen LogP contribution in [0.2, 0.25) is 0 Å². The number of rotatable bonds is 7. The molecule has 1 saturated heterocycles. The minimum absolute atomic E-state index is 0.0422. The molecule has 0 saturated carbocycles. The van der Waals surface area contributed by atoms with E-state index in [0.29, 0.717) is 44.5 Å². The van der Waals surface area contributed by atoms with Crippen molar-refractivity contribution >= 4 is 10.0 Å². The van der Waals surface area contributed by atoms with Crippen LogP contribution in [0, 0.1) is 5.92 Å². The Morgan fingerprint density at radius 2 is 2.10 bits per heavy atom. The van der Waals surface area contributed by atoms with Gasteiger partial charge < -0.3 is 14.5 Å². The van der Waals surface area contributed by atoms with Crippen molar-refractivity contribution in [3.63, 3.8) is 0 Å². The second-order valence-electron chi connectivity index (χ2n) is 5.48. The monoisotopic (exact) mass is 316 g/mol. The van der Waals surface area contributed by atoms with Crippen molar-refractivity contribution in [1.29, 1.82) is 0 Å². The highest BCUT2D eigenvalue weighted by Gasteiger charge is 2.30. The van der Waals surface area contributed by atoms with Gasteiger partial charge in [0.25, 0.3) is 10.0 Å². The average molecular weight is 316 g/mol. The van der Waals surface area contributed by atoms with Gasteiger partial charge in [0.2, 0.25) is 5.09 Å². The number of furan rings is 1. The first-order chi connectivity index (χ1) is 10.0. The molecule has 0 unspecified atom stereocenters. The van der Waals surface area contributed by atoms with Crippen LogP contribution >= 0.6 is 0 Å². The maximum atomic E-state index is 12.5. The molecule has 7 heteroatoms. The maximum absolute atomic E-state index is 12.5. The van der Waals surface area contributed by atoms with Gasteiger partial charge in [0.15, 0.2) is 0 Å². The van der Waals surface area contributed by atoms with Crippen molar-refractivity contribution in [3.05, 3.63) is 17.9 Å². The normalized spacial score (nSPS) is 18.2. The first-order valence-corrected chi connectivity index (χ1v) is 8.76. The van der Waals surface area contributed by atoms with Crippen LogP contribution in [-0.2, 0) is 21.3 Å². The largest absolute Gasteiger partial charge is 0.447 e. The number of hydrogen-bond acceptors (Lipinski definition) is 5. The Morgan fingerprint density at radius 1 is 1.38 bits per heavy atom. The van der Waals surface area contributed by atoms with Gasteiger partial charge in [-0.25, -0.2) is 8.42 Å².